The number of hydrogen-bond acceptors (Lipinski definition) is 4. The van der Waals surface area contributed by atoms with Gasteiger partial charge in [0.05, 0.1) is 11.1 Å². The monoisotopic (exact) mass is 502 g/mol. The van der Waals surface area contributed by atoms with Crippen molar-refractivity contribution >= 4 is 11.9 Å². The third kappa shape index (κ3) is 4.63. The van der Waals surface area contributed by atoms with Gasteiger partial charge in [-0.3, -0.25) is 0 Å². The minimum Gasteiger partial charge on any atom is -0.454 e. The van der Waals surface area contributed by atoms with Gasteiger partial charge in [-0.15, -0.1) is 0 Å². The van der Waals surface area contributed by atoms with Crippen molar-refractivity contribution in [3.63, 3.8) is 0 Å². The zero-order valence-corrected chi connectivity index (χ0v) is 21.1. The number of esters is 2. The number of benzene rings is 4. The van der Waals surface area contributed by atoms with E-state index < -0.39 is 12.2 Å². The molecule has 4 nitrogen and oxygen atoms in total. The molecule has 0 aromatic heterocycles. The van der Waals surface area contributed by atoms with Gasteiger partial charge in [-0.25, -0.2) is 9.59 Å². The van der Waals surface area contributed by atoms with Gasteiger partial charge in [-0.2, -0.15) is 0 Å². The summed E-state index contributed by atoms with van der Waals surface area (Å²) in [5.74, 6) is -0.475. The van der Waals surface area contributed by atoms with E-state index in [2.05, 4.69) is 48.5 Å². The normalized spacial score (nSPS) is 25.9. The van der Waals surface area contributed by atoms with Crippen LogP contribution in [0.4, 0.5) is 0 Å². The fourth-order valence-electron chi connectivity index (χ4n) is 6.60. The molecule has 7 rings (SSSR count). The maximum absolute atomic E-state index is 13.3. The smallest absolute Gasteiger partial charge is 0.338 e. The zero-order chi connectivity index (χ0) is 25.9. The van der Waals surface area contributed by atoms with Gasteiger partial charge < -0.3 is 9.47 Å². The molecule has 3 fully saturated rings. The Bertz CT molecular complexity index is 1260. The van der Waals surface area contributed by atoms with E-state index in [1.807, 2.05) is 48.5 Å². The van der Waals surface area contributed by atoms with Gasteiger partial charge in [0.1, 0.15) is 12.2 Å². The van der Waals surface area contributed by atoms with Crippen LogP contribution in [0.2, 0.25) is 0 Å². The van der Waals surface area contributed by atoms with Gasteiger partial charge >= 0.3 is 11.9 Å². The lowest BCUT2D eigenvalue weighted by Gasteiger charge is -2.55. The summed E-state index contributed by atoms with van der Waals surface area (Å²) in [4.78, 5) is 26.6. The first-order chi connectivity index (χ1) is 18.7. The second kappa shape index (κ2) is 10.7. The first-order valence-corrected chi connectivity index (χ1v) is 13.3. The lowest BCUT2D eigenvalue weighted by Crippen LogP contribution is -2.57. The molecule has 6 atom stereocenters. The van der Waals surface area contributed by atoms with Crippen LogP contribution in [0.3, 0.4) is 0 Å². The van der Waals surface area contributed by atoms with E-state index in [1.54, 1.807) is 24.3 Å². The van der Waals surface area contributed by atoms with Gasteiger partial charge in [0.2, 0.25) is 0 Å². The van der Waals surface area contributed by atoms with Gasteiger partial charge in [0, 0.05) is 11.8 Å². The van der Waals surface area contributed by atoms with Gasteiger partial charge in [-0.1, -0.05) is 97.1 Å². The maximum atomic E-state index is 13.3. The Morgan fingerprint density at radius 2 is 0.789 bits per heavy atom. The predicted molar refractivity (Wildman–Crippen MR) is 146 cm³/mol. The Morgan fingerprint density at radius 3 is 1.13 bits per heavy atom. The average molecular weight is 503 g/mol. The molecule has 0 aliphatic heterocycles. The van der Waals surface area contributed by atoms with E-state index >= 15 is 0 Å². The van der Waals surface area contributed by atoms with Crippen LogP contribution in [0.25, 0.3) is 0 Å². The Hall–Kier alpha value is -4.18. The summed E-state index contributed by atoms with van der Waals surface area (Å²) in [5, 5.41) is 0. The highest BCUT2D eigenvalue weighted by Gasteiger charge is 2.58. The van der Waals surface area contributed by atoms with Crippen molar-refractivity contribution in [2.24, 2.45) is 11.8 Å². The fraction of sp³-hybridized carbons (Fsp3) is 0.235. The van der Waals surface area contributed by atoms with Crippen LogP contribution in [0.5, 0.6) is 0 Å². The van der Waals surface area contributed by atoms with Crippen LogP contribution in [-0.2, 0) is 9.47 Å². The average Bonchev–Trinajstić information content (AvgIpc) is 2.99. The Balaban J connectivity index is 1.42. The molecule has 3 aliphatic rings. The molecule has 3 saturated carbocycles. The first-order valence-electron chi connectivity index (χ1n) is 13.3. The summed E-state index contributed by atoms with van der Waals surface area (Å²) in [7, 11) is 0. The molecule has 0 heterocycles. The number of fused-ring (bicyclic) bond motifs is 3. The van der Waals surface area contributed by atoms with Crippen molar-refractivity contribution in [3.05, 3.63) is 144 Å². The van der Waals surface area contributed by atoms with E-state index in [4.69, 9.17) is 9.47 Å². The molecule has 0 amide bonds. The molecule has 190 valence electrons. The Kier molecular flexibility index (Phi) is 6.78. The Labute approximate surface area is 223 Å². The zero-order valence-electron chi connectivity index (χ0n) is 21.1. The summed E-state index contributed by atoms with van der Waals surface area (Å²) in [6, 6.07) is 39.1. The summed E-state index contributed by atoms with van der Waals surface area (Å²) in [6.07, 6.45) is 0.720. The highest BCUT2D eigenvalue weighted by molar-refractivity contribution is 5.90. The van der Waals surface area contributed by atoms with Crippen LogP contribution < -0.4 is 0 Å². The Morgan fingerprint density at radius 1 is 0.474 bits per heavy atom. The number of hydrogen-bond donors (Lipinski definition) is 0. The van der Waals surface area contributed by atoms with Crippen molar-refractivity contribution in [2.75, 3.05) is 0 Å². The lowest BCUT2D eigenvalue weighted by molar-refractivity contribution is -0.137. The van der Waals surface area contributed by atoms with Gasteiger partial charge in [0.25, 0.3) is 0 Å². The van der Waals surface area contributed by atoms with Crippen molar-refractivity contribution < 1.29 is 19.1 Å². The molecule has 2 bridgehead atoms. The predicted octanol–water partition coefficient (Wildman–Crippen LogP) is 7.05. The van der Waals surface area contributed by atoms with Crippen LogP contribution in [-0.4, -0.2) is 24.1 Å². The number of carbonyl (C=O) groups is 2. The molecular formula is C34H30O4. The third-order valence-electron chi connectivity index (χ3n) is 8.18. The molecule has 4 heteroatoms. The van der Waals surface area contributed by atoms with Crippen molar-refractivity contribution in [1.82, 2.24) is 0 Å². The fourth-order valence-corrected chi connectivity index (χ4v) is 6.60. The van der Waals surface area contributed by atoms with E-state index in [1.165, 1.54) is 11.1 Å². The topological polar surface area (TPSA) is 52.6 Å². The van der Waals surface area contributed by atoms with Gasteiger partial charge in [-0.05, 0) is 60.1 Å². The molecule has 0 radical (unpaired) electrons. The standard InChI is InChI=1S/C34H30O4/c35-33(25-17-9-3-10-18-25)37-31-27-21-22-28(32(31)38-34(36)26-19-11-4-12-20-26)30(24-15-7-2-8-16-24)29(27)23-13-5-1-6-14-23/h1-20,27-32H,21-22H2. The van der Waals surface area contributed by atoms with Crippen molar-refractivity contribution in [1.29, 1.82) is 0 Å². The van der Waals surface area contributed by atoms with E-state index in [0.717, 1.165) is 12.8 Å². The van der Waals surface area contributed by atoms with Crippen molar-refractivity contribution in [3.8, 4) is 0 Å². The highest BCUT2D eigenvalue weighted by atomic mass is 16.6. The van der Waals surface area contributed by atoms with E-state index in [-0.39, 0.29) is 35.6 Å². The number of ether oxygens (including phenoxy) is 2. The number of carbonyl (C=O) groups excluding carboxylic acids is 2. The molecule has 0 saturated heterocycles. The molecule has 38 heavy (non-hydrogen) atoms. The molecule has 4 aromatic carbocycles. The molecular weight excluding hydrogens is 472 g/mol. The van der Waals surface area contributed by atoms with E-state index in [9.17, 15) is 9.59 Å². The maximum Gasteiger partial charge on any atom is 0.338 e. The minimum atomic E-state index is -0.542. The number of rotatable bonds is 6. The second-order valence-corrected chi connectivity index (χ2v) is 10.2. The van der Waals surface area contributed by atoms with Crippen LogP contribution in [0, 0.1) is 11.8 Å². The molecule has 3 aliphatic carbocycles. The van der Waals surface area contributed by atoms with Crippen LogP contribution in [0.1, 0.15) is 56.5 Å². The second-order valence-electron chi connectivity index (χ2n) is 10.2. The molecule has 4 aromatic rings. The van der Waals surface area contributed by atoms with Crippen LogP contribution >= 0.6 is 0 Å². The summed E-state index contributed by atoms with van der Waals surface area (Å²) in [5.41, 5.74) is 3.45. The highest BCUT2D eigenvalue weighted by Crippen LogP contribution is 2.59. The molecule has 0 spiro atoms. The summed E-state index contributed by atoms with van der Waals surface area (Å²) >= 11 is 0. The first kappa shape index (κ1) is 24.2. The summed E-state index contributed by atoms with van der Waals surface area (Å²) in [6.45, 7) is 0. The SMILES string of the molecule is O=C(OC1C2CCC(C1OC(=O)c1ccccc1)C(c1ccccc1)C2c1ccccc1)c1ccccc1. The van der Waals surface area contributed by atoms with Gasteiger partial charge in [0.15, 0.2) is 0 Å². The lowest BCUT2D eigenvalue weighted by atomic mass is 9.53. The molecule has 6 unspecified atom stereocenters. The molecule has 0 N–H and O–H groups in total. The quantitative estimate of drug-likeness (QED) is 0.265. The third-order valence-corrected chi connectivity index (χ3v) is 8.18. The van der Waals surface area contributed by atoms with E-state index in [0.29, 0.717) is 11.1 Å². The van der Waals surface area contributed by atoms with Crippen LogP contribution in [0.15, 0.2) is 121 Å². The largest absolute Gasteiger partial charge is 0.454 e. The summed E-state index contributed by atoms with van der Waals surface area (Å²) < 4.78 is 12.6. The minimum absolute atomic E-state index is 0.00819. The van der Waals surface area contributed by atoms with Crippen molar-refractivity contribution in [2.45, 2.75) is 36.9 Å².